The highest BCUT2D eigenvalue weighted by atomic mass is 79.9. The largest absolute Gasteiger partial charge is 0.419 e. The third-order valence-electron chi connectivity index (χ3n) is 1.93. The Labute approximate surface area is 87.5 Å². The maximum absolute atomic E-state index is 13.3. The lowest BCUT2D eigenvalue weighted by Gasteiger charge is -1.99. The van der Waals surface area contributed by atoms with E-state index in [1.165, 1.54) is 6.07 Å². The molecule has 0 aliphatic heterocycles. The molecule has 1 aromatic carbocycles. The highest BCUT2D eigenvalue weighted by Crippen LogP contribution is 2.22. The summed E-state index contributed by atoms with van der Waals surface area (Å²) in [6.45, 7) is 1.63. The predicted molar refractivity (Wildman–Crippen MR) is 54.9 cm³/mol. The average molecular weight is 257 g/mol. The lowest BCUT2D eigenvalue weighted by atomic mass is 10.2. The number of aryl methyl sites for hydroxylation is 1. The summed E-state index contributed by atoms with van der Waals surface area (Å²) in [7, 11) is 0. The normalized spacial score (nSPS) is 10.8. The Morgan fingerprint density at radius 2 is 2.07 bits per heavy atom. The summed E-state index contributed by atoms with van der Waals surface area (Å²) in [5, 5.41) is 0.578. The van der Waals surface area contributed by atoms with Gasteiger partial charge in [-0.3, -0.25) is 0 Å². The van der Waals surface area contributed by atoms with Gasteiger partial charge in [0.2, 0.25) is 0 Å². The zero-order valence-corrected chi connectivity index (χ0v) is 8.89. The van der Waals surface area contributed by atoms with Crippen LogP contribution in [0.5, 0.6) is 0 Å². The molecular weight excluding hydrogens is 251 g/mol. The van der Waals surface area contributed by atoms with Gasteiger partial charge in [-0.15, -0.1) is 0 Å². The molecule has 1 heterocycles. The molecule has 0 amide bonds. The van der Waals surface area contributed by atoms with Gasteiger partial charge in [0.1, 0.15) is 0 Å². The molecule has 0 saturated heterocycles. The van der Waals surface area contributed by atoms with Gasteiger partial charge in [0.25, 0.3) is 0 Å². The van der Waals surface area contributed by atoms with Crippen LogP contribution in [0.15, 0.2) is 31.9 Å². The molecular formula is C10H6BrFO2. The van der Waals surface area contributed by atoms with Crippen LogP contribution >= 0.6 is 15.9 Å². The van der Waals surface area contributed by atoms with Crippen molar-refractivity contribution in [3.8, 4) is 0 Å². The van der Waals surface area contributed by atoms with Gasteiger partial charge in [0, 0.05) is 15.4 Å². The van der Waals surface area contributed by atoms with Crippen molar-refractivity contribution in [2.24, 2.45) is 0 Å². The Morgan fingerprint density at radius 3 is 2.79 bits per heavy atom. The van der Waals surface area contributed by atoms with Crippen LogP contribution in [0.3, 0.4) is 0 Å². The zero-order chi connectivity index (χ0) is 10.3. The quantitative estimate of drug-likeness (QED) is 0.679. The van der Waals surface area contributed by atoms with Crippen molar-refractivity contribution in [1.29, 1.82) is 0 Å². The molecule has 0 atom stereocenters. The highest BCUT2D eigenvalue weighted by Gasteiger charge is 2.07. The summed E-state index contributed by atoms with van der Waals surface area (Å²) >= 11 is 3.17. The van der Waals surface area contributed by atoms with Crippen molar-refractivity contribution < 1.29 is 8.81 Å². The molecule has 2 nitrogen and oxygen atoms in total. The maximum Gasteiger partial charge on any atom is 0.339 e. The lowest BCUT2D eigenvalue weighted by molar-refractivity contribution is 0.519. The van der Waals surface area contributed by atoms with Gasteiger partial charge in [-0.05, 0) is 25.1 Å². The van der Waals surface area contributed by atoms with Gasteiger partial charge in [-0.2, -0.15) is 0 Å². The highest BCUT2D eigenvalue weighted by molar-refractivity contribution is 9.10. The number of fused-ring (bicyclic) bond motifs is 1. The first-order valence-electron chi connectivity index (χ1n) is 3.97. The monoisotopic (exact) mass is 256 g/mol. The summed E-state index contributed by atoms with van der Waals surface area (Å²) in [6, 6.07) is 4.57. The molecule has 72 valence electrons. The lowest BCUT2D eigenvalue weighted by Crippen LogP contribution is -2.02. The van der Waals surface area contributed by atoms with E-state index in [4.69, 9.17) is 4.42 Å². The number of hydrogen-bond acceptors (Lipinski definition) is 2. The standard InChI is InChI=1S/C10H6BrFO2/c1-5-2-6-3-7(11)4-8(12)9(6)14-10(5)13/h2-4H,1H3. The SMILES string of the molecule is Cc1cc2cc(Br)cc(F)c2oc1=O. The molecule has 0 aliphatic carbocycles. The predicted octanol–water partition coefficient (Wildman–Crippen LogP) is 3.00. The van der Waals surface area contributed by atoms with Crippen molar-refractivity contribution in [3.63, 3.8) is 0 Å². The second kappa shape index (κ2) is 3.20. The molecule has 0 saturated carbocycles. The minimum absolute atomic E-state index is 0.00352. The molecule has 14 heavy (non-hydrogen) atoms. The summed E-state index contributed by atoms with van der Waals surface area (Å²) in [5.74, 6) is -0.536. The third-order valence-corrected chi connectivity index (χ3v) is 2.38. The maximum atomic E-state index is 13.3. The van der Waals surface area contributed by atoms with E-state index in [9.17, 15) is 9.18 Å². The van der Waals surface area contributed by atoms with Crippen LogP contribution in [-0.4, -0.2) is 0 Å². The first-order chi connectivity index (χ1) is 6.58. The van der Waals surface area contributed by atoms with Crippen molar-refractivity contribution in [3.05, 3.63) is 44.5 Å². The third kappa shape index (κ3) is 1.46. The van der Waals surface area contributed by atoms with E-state index in [-0.39, 0.29) is 5.58 Å². The van der Waals surface area contributed by atoms with Gasteiger partial charge in [0.15, 0.2) is 11.4 Å². The van der Waals surface area contributed by atoms with Gasteiger partial charge in [-0.1, -0.05) is 15.9 Å². The van der Waals surface area contributed by atoms with E-state index in [1.54, 1.807) is 19.1 Å². The van der Waals surface area contributed by atoms with Crippen LogP contribution < -0.4 is 5.63 Å². The minimum Gasteiger partial charge on any atom is -0.419 e. The van der Waals surface area contributed by atoms with Crippen molar-refractivity contribution in [1.82, 2.24) is 0 Å². The second-order valence-corrected chi connectivity index (χ2v) is 3.94. The summed E-state index contributed by atoms with van der Waals surface area (Å²) in [6.07, 6.45) is 0. The first kappa shape index (κ1) is 9.40. The van der Waals surface area contributed by atoms with Gasteiger partial charge in [0.05, 0.1) is 0 Å². The molecule has 0 aliphatic rings. The van der Waals surface area contributed by atoms with E-state index in [2.05, 4.69) is 15.9 Å². The molecule has 0 radical (unpaired) electrons. The first-order valence-corrected chi connectivity index (χ1v) is 4.77. The van der Waals surface area contributed by atoms with Crippen LogP contribution in [0.4, 0.5) is 4.39 Å². The molecule has 0 fully saturated rings. The fraction of sp³-hybridized carbons (Fsp3) is 0.100. The zero-order valence-electron chi connectivity index (χ0n) is 7.30. The molecule has 0 spiro atoms. The fourth-order valence-corrected chi connectivity index (χ4v) is 1.71. The number of halogens is 2. The summed E-state index contributed by atoms with van der Waals surface area (Å²) in [5.41, 5.74) is -0.0301. The molecule has 0 unspecified atom stereocenters. The minimum atomic E-state index is -0.536. The van der Waals surface area contributed by atoms with Crippen molar-refractivity contribution in [2.75, 3.05) is 0 Å². The Bertz CT molecular complexity index is 560. The molecule has 2 rings (SSSR count). The van der Waals surface area contributed by atoms with Crippen LogP contribution in [0.2, 0.25) is 0 Å². The van der Waals surface area contributed by atoms with Crippen LogP contribution in [-0.2, 0) is 0 Å². The van der Waals surface area contributed by atoms with Gasteiger partial charge < -0.3 is 4.42 Å². The van der Waals surface area contributed by atoms with Gasteiger partial charge in [-0.25, -0.2) is 9.18 Å². The van der Waals surface area contributed by atoms with Crippen LogP contribution in [0.25, 0.3) is 11.0 Å². The summed E-state index contributed by atoms with van der Waals surface area (Å²) < 4.78 is 18.7. The molecule has 0 N–H and O–H groups in total. The van der Waals surface area contributed by atoms with E-state index in [0.29, 0.717) is 15.4 Å². The second-order valence-electron chi connectivity index (χ2n) is 3.02. The van der Waals surface area contributed by atoms with Gasteiger partial charge >= 0.3 is 5.63 Å². The van der Waals surface area contributed by atoms with E-state index in [1.807, 2.05) is 0 Å². The van der Waals surface area contributed by atoms with E-state index < -0.39 is 11.4 Å². The molecule has 1 aromatic heterocycles. The van der Waals surface area contributed by atoms with Crippen molar-refractivity contribution >= 4 is 26.9 Å². The summed E-state index contributed by atoms with van der Waals surface area (Å²) in [4.78, 5) is 11.1. The van der Waals surface area contributed by atoms with E-state index in [0.717, 1.165) is 0 Å². The number of benzene rings is 1. The number of hydrogen-bond donors (Lipinski definition) is 0. The Balaban J connectivity index is 2.96. The molecule has 4 heteroatoms. The van der Waals surface area contributed by atoms with Crippen molar-refractivity contribution in [2.45, 2.75) is 6.92 Å². The van der Waals surface area contributed by atoms with Crippen LogP contribution in [0.1, 0.15) is 5.56 Å². The average Bonchev–Trinajstić information content (AvgIpc) is 2.08. The van der Waals surface area contributed by atoms with E-state index >= 15 is 0 Å². The Hall–Kier alpha value is -1.16. The Morgan fingerprint density at radius 1 is 1.36 bits per heavy atom. The smallest absolute Gasteiger partial charge is 0.339 e. The number of rotatable bonds is 0. The molecule has 0 bridgehead atoms. The van der Waals surface area contributed by atoms with Crippen LogP contribution in [0, 0.1) is 12.7 Å². The Kier molecular flexibility index (Phi) is 2.15. The molecule has 2 aromatic rings. The fourth-order valence-electron chi connectivity index (χ4n) is 1.26. The topological polar surface area (TPSA) is 30.2 Å².